The number of hydrogen-bond donors (Lipinski definition) is 0. The predicted molar refractivity (Wildman–Crippen MR) is 262 cm³/mol. The minimum absolute atomic E-state index is 0.172. The third-order valence-corrected chi connectivity index (χ3v) is 20.2. The van der Waals surface area contributed by atoms with E-state index in [0.717, 1.165) is 0 Å². The molecule has 290 valence electrons. The van der Waals surface area contributed by atoms with Crippen molar-refractivity contribution in [3.05, 3.63) is 246 Å². The average molecular weight is 804 g/mol. The second-order valence-electron chi connectivity index (χ2n) is 18.4. The van der Waals surface area contributed by atoms with Crippen LogP contribution in [0.3, 0.4) is 0 Å². The molecule has 10 aromatic rings. The molecule has 14 rings (SSSR count). The minimum Gasteiger partial charge on any atom is -0.310 e. The maximum absolute atomic E-state index is 2.77. The molecule has 2 spiro atoms. The van der Waals surface area contributed by atoms with Gasteiger partial charge in [0.1, 0.15) is 0 Å². The Kier molecular flexibility index (Phi) is 6.65. The maximum Gasteiger partial charge on any atom is 0.182 e. The van der Waals surface area contributed by atoms with Gasteiger partial charge in [-0.05, 0) is 134 Å². The predicted octanol–water partition coefficient (Wildman–Crippen LogP) is 12.1. The van der Waals surface area contributed by atoms with Crippen molar-refractivity contribution in [2.45, 2.75) is 24.7 Å². The number of fused-ring (bicyclic) bond motifs is 20. The number of anilines is 3. The largest absolute Gasteiger partial charge is 0.310 e. The monoisotopic (exact) mass is 803 g/mol. The van der Waals surface area contributed by atoms with Crippen molar-refractivity contribution in [3.8, 4) is 22.3 Å². The topological polar surface area (TPSA) is 3.24 Å². The summed E-state index contributed by atoms with van der Waals surface area (Å²) in [5, 5.41) is 11.1. The lowest BCUT2D eigenvalue weighted by atomic mass is 9.53. The summed E-state index contributed by atoms with van der Waals surface area (Å²) >= 11 is 0. The smallest absolute Gasteiger partial charge is 0.182 e. The third kappa shape index (κ3) is 4.05. The molecule has 0 saturated carbocycles. The Balaban J connectivity index is 1.10. The highest BCUT2D eigenvalue weighted by Gasteiger charge is 2.56. The highest BCUT2D eigenvalue weighted by Crippen LogP contribution is 2.63. The van der Waals surface area contributed by atoms with Gasteiger partial charge in [-0.15, -0.1) is 0 Å². The van der Waals surface area contributed by atoms with E-state index in [1.54, 1.807) is 0 Å². The number of hydrogen-bond acceptors (Lipinski definition) is 1. The van der Waals surface area contributed by atoms with Gasteiger partial charge < -0.3 is 4.90 Å². The summed E-state index contributed by atoms with van der Waals surface area (Å²) in [7, 11) is -2.77. The number of benzene rings is 10. The lowest BCUT2D eigenvalue weighted by Gasteiger charge is -2.52. The summed E-state index contributed by atoms with van der Waals surface area (Å²) in [5.74, 6) is 0. The molecule has 0 amide bonds. The molecule has 1 aliphatic carbocycles. The molecular weight excluding hydrogens is 763 g/mol. The van der Waals surface area contributed by atoms with Gasteiger partial charge in [-0.3, -0.25) is 0 Å². The number of para-hydroxylation sites is 1. The summed E-state index contributed by atoms with van der Waals surface area (Å²) in [5.41, 5.74) is 16.6. The van der Waals surface area contributed by atoms with E-state index < -0.39 is 13.5 Å². The van der Waals surface area contributed by atoms with Crippen LogP contribution < -0.4 is 25.6 Å². The fourth-order valence-corrected chi connectivity index (χ4v) is 18.4. The summed E-state index contributed by atoms with van der Waals surface area (Å²) in [4.78, 5) is 2.61. The molecule has 0 fully saturated rings. The van der Waals surface area contributed by atoms with Gasteiger partial charge in [-0.2, -0.15) is 0 Å². The van der Waals surface area contributed by atoms with Crippen LogP contribution in [-0.4, -0.2) is 8.07 Å². The Bertz CT molecular complexity index is 3540. The van der Waals surface area contributed by atoms with Crippen LogP contribution in [0.25, 0.3) is 43.8 Å². The molecule has 0 N–H and O–H groups in total. The molecule has 0 radical (unpaired) electrons. The van der Waals surface area contributed by atoms with Gasteiger partial charge in [0.15, 0.2) is 8.07 Å². The normalized spacial score (nSPS) is 17.5. The Morgan fingerprint density at radius 3 is 1.45 bits per heavy atom. The second-order valence-corrected chi connectivity index (χ2v) is 22.0. The fourth-order valence-electron chi connectivity index (χ4n) is 12.8. The molecule has 62 heavy (non-hydrogen) atoms. The summed E-state index contributed by atoms with van der Waals surface area (Å²) in [6, 6.07) is 81.9. The van der Waals surface area contributed by atoms with Gasteiger partial charge in [-0.25, -0.2) is 0 Å². The van der Waals surface area contributed by atoms with E-state index in [1.165, 1.54) is 115 Å². The number of rotatable bonds is 1. The van der Waals surface area contributed by atoms with Gasteiger partial charge in [0.05, 0.1) is 16.8 Å². The van der Waals surface area contributed by atoms with Crippen LogP contribution in [0.5, 0.6) is 0 Å². The van der Waals surface area contributed by atoms with E-state index in [2.05, 4.69) is 231 Å². The van der Waals surface area contributed by atoms with Gasteiger partial charge in [0.25, 0.3) is 0 Å². The van der Waals surface area contributed by atoms with Crippen LogP contribution in [0.1, 0.15) is 47.2 Å². The first kappa shape index (κ1) is 34.4. The standard InChI is InChI=1S/C60H41NSi/c1-59(2)47-23-9-11-25-49(47)60(50-26-12-10-24-48(50)59)51-27-13-14-28-53(51)61(54-35-40-19-5-4-18-39(40)34-52(54)60)42-31-32-45-43-21-7-15-29-55(43)62(58(45)37-42)56-30-16-8-22-44(56)46-33-38-17-3-6-20-41(38)36-57(46)62/h3-37H,1-2H3. The van der Waals surface area contributed by atoms with Gasteiger partial charge in [-0.1, -0.05) is 190 Å². The second kappa shape index (κ2) is 12.0. The maximum atomic E-state index is 2.61. The van der Waals surface area contributed by atoms with Crippen LogP contribution in [0.4, 0.5) is 17.1 Å². The van der Waals surface area contributed by atoms with Crippen LogP contribution >= 0.6 is 0 Å². The fraction of sp³-hybridized carbons (Fsp3) is 0.0667. The van der Waals surface area contributed by atoms with Crippen molar-refractivity contribution in [2.75, 3.05) is 4.90 Å². The van der Waals surface area contributed by atoms with Crippen molar-refractivity contribution >= 4 is 67.4 Å². The van der Waals surface area contributed by atoms with Crippen LogP contribution in [-0.2, 0) is 10.8 Å². The van der Waals surface area contributed by atoms with Crippen LogP contribution in [0, 0.1) is 0 Å². The SMILES string of the molecule is CC1(C)c2ccccc2C2(c3ccccc3N(c3ccc4c(c3)[Si]3(c5ccccc5-4)c4ccccc4-c4cc5ccccc5cc43)c3cc4ccccc4cc32)c2ccccc21. The summed E-state index contributed by atoms with van der Waals surface area (Å²) in [6.45, 7) is 4.81. The molecule has 2 heteroatoms. The third-order valence-electron chi connectivity index (χ3n) is 15.3. The first-order valence-corrected chi connectivity index (χ1v) is 24.0. The van der Waals surface area contributed by atoms with Crippen molar-refractivity contribution in [1.82, 2.24) is 0 Å². The number of nitrogens with zero attached hydrogens (tertiary/aromatic N) is 1. The van der Waals surface area contributed by atoms with Crippen molar-refractivity contribution in [3.63, 3.8) is 0 Å². The van der Waals surface area contributed by atoms with Gasteiger partial charge >= 0.3 is 0 Å². The van der Waals surface area contributed by atoms with Crippen LogP contribution in [0.15, 0.2) is 212 Å². The molecule has 1 nitrogen and oxygen atoms in total. The minimum atomic E-state index is -2.77. The zero-order valence-corrected chi connectivity index (χ0v) is 35.7. The highest BCUT2D eigenvalue weighted by molar-refractivity contribution is 7.24. The van der Waals surface area contributed by atoms with E-state index in [0.29, 0.717) is 0 Å². The lowest BCUT2D eigenvalue weighted by Crippen LogP contribution is -2.70. The first-order chi connectivity index (χ1) is 30.5. The van der Waals surface area contributed by atoms with E-state index >= 15 is 0 Å². The molecule has 0 bridgehead atoms. The summed E-state index contributed by atoms with van der Waals surface area (Å²) in [6.07, 6.45) is 0. The van der Waals surface area contributed by atoms with E-state index in [4.69, 9.17) is 0 Å². The summed E-state index contributed by atoms with van der Waals surface area (Å²) < 4.78 is 0. The Hall–Kier alpha value is -7.26. The molecule has 0 saturated heterocycles. The van der Waals surface area contributed by atoms with Crippen molar-refractivity contribution in [2.24, 2.45) is 0 Å². The Morgan fingerprint density at radius 1 is 0.323 bits per heavy atom. The van der Waals surface area contributed by atoms with E-state index in [9.17, 15) is 0 Å². The molecule has 4 aliphatic rings. The zero-order chi connectivity index (χ0) is 41.0. The van der Waals surface area contributed by atoms with E-state index in [-0.39, 0.29) is 5.41 Å². The zero-order valence-electron chi connectivity index (χ0n) is 34.7. The van der Waals surface area contributed by atoms with Gasteiger partial charge in [0.2, 0.25) is 0 Å². The lowest BCUT2D eigenvalue weighted by molar-refractivity contribution is 0.557. The average Bonchev–Trinajstić information content (AvgIpc) is 3.78. The molecule has 10 aromatic carbocycles. The molecule has 3 heterocycles. The Labute approximate surface area is 363 Å². The van der Waals surface area contributed by atoms with E-state index in [1.807, 2.05) is 0 Å². The van der Waals surface area contributed by atoms with Crippen molar-refractivity contribution < 1.29 is 0 Å². The quantitative estimate of drug-likeness (QED) is 0.149. The molecule has 1 unspecified atom stereocenters. The van der Waals surface area contributed by atoms with Crippen molar-refractivity contribution in [1.29, 1.82) is 0 Å². The first-order valence-electron chi connectivity index (χ1n) is 22.0. The molecule has 0 aromatic heterocycles. The highest BCUT2D eigenvalue weighted by atomic mass is 28.3. The Morgan fingerprint density at radius 2 is 0.790 bits per heavy atom. The molecule has 3 aliphatic heterocycles. The molecule has 1 atom stereocenters. The van der Waals surface area contributed by atoms with Crippen LogP contribution in [0.2, 0.25) is 0 Å². The molecular formula is C60H41NSi. The van der Waals surface area contributed by atoms with Gasteiger partial charge in [0, 0.05) is 11.1 Å².